The molecule has 0 unspecified atom stereocenters. The molecular formula is C25H22N4OS. The molecule has 2 aromatic heterocycles. The molecule has 1 aliphatic rings. The van der Waals surface area contributed by atoms with Gasteiger partial charge < -0.3 is 4.90 Å². The van der Waals surface area contributed by atoms with Gasteiger partial charge in [-0.05, 0) is 23.3 Å². The van der Waals surface area contributed by atoms with Crippen LogP contribution in [0.5, 0.6) is 0 Å². The van der Waals surface area contributed by atoms with Gasteiger partial charge in [0.05, 0.1) is 5.39 Å². The zero-order valence-corrected chi connectivity index (χ0v) is 18.4. The predicted molar refractivity (Wildman–Crippen MR) is 129 cm³/mol. The van der Waals surface area contributed by atoms with Crippen LogP contribution in [0.25, 0.3) is 21.3 Å². The number of anilines is 1. The standard InChI is InChI=1S/C25H22N4OS/c1-25(2)19-11-7-8-12-20(19)28(3)21(25)13-14-27-29-16-26-23-22(24(29)30)18(15-31-23)17-9-5-4-6-10-17/h4-16H,1-3H3/b21-13-,27-14+. The van der Waals surface area contributed by atoms with Crippen molar-refractivity contribution in [2.24, 2.45) is 5.10 Å². The van der Waals surface area contributed by atoms with Crippen molar-refractivity contribution >= 4 is 33.5 Å². The fourth-order valence-electron chi connectivity index (χ4n) is 4.31. The number of rotatable bonds is 3. The predicted octanol–water partition coefficient (Wildman–Crippen LogP) is 5.27. The van der Waals surface area contributed by atoms with Crippen LogP contribution in [0.4, 0.5) is 5.69 Å². The summed E-state index contributed by atoms with van der Waals surface area (Å²) < 4.78 is 1.31. The summed E-state index contributed by atoms with van der Waals surface area (Å²) in [6.45, 7) is 4.40. The summed E-state index contributed by atoms with van der Waals surface area (Å²) in [6, 6.07) is 18.3. The maximum Gasteiger partial charge on any atom is 0.283 e. The van der Waals surface area contributed by atoms with E-state index in [1.807, 2.05) is 47.9 Å². The van der Waals surface area contributed by atoms with Crippen molar-refractivity contribution < 1.29 is 0 Å². The van der Waals surface area contributed by atoms with Crippen molar-refractivity contribution in [3.63, 3.8) is 0 Å². The molecule has 0 amide bonds. The monoisotopic (exact) mass is 426 g/mol. The number of benzene rings is 2. The van der Waals surface area contributed by atoms with E-state index >= 15 is 0 Å². The molecule has 0 bridgehead atoms. The van der Waals surface area contributed by atoms with Gasteiger partial charge >= 0.3 is 0 Å². The number of hydrogen-bond acceptors (Lipinski definition) is 5. The molecule has 5 nitrogen and oxygen atoms in total. The van der Waals surface area contributed by atoms with Crippen LogP contribution in [0.3, 0.4) is 0 Å². The number of para-hydroxylation sites is 1. The first-order valence-electron chi connectivity index (χ1n) is 10.1. The fourth-order valence-corrected chi connectivity index (χ4v) is 5.22. The summed E-state index contributed by atoms with van der Waals surface area (Å²) in [6.07, 6.45) is 5.15. The van der Waals surface area contributed by atoms with Crippen molar-refractivity contribution in [3.05, 3.63) is 94.0 Å². The van der Waals surface area contributed by atoms with Gasteiger partial charge in [-0.15, -0.1) is 11.3 Å². The van der Waals surface area contributed by atoms with E-state index in [0.29, 0.717) is 5.39 Å². The first-order valence-corrected chi connectivity index (χ1v) is 11.0. The third-order valence-corrected chi connectivity index (χ3v) is 6.81. The Hall–Kier alpha value is -3.51. The Balaban J connectivity index is 1.53. The molecule has 0 atom stereocenters. The summed E-state index contributed by atoms with van der Waals surface area (Å²) in [7, 11) is 2.06. The molecule has 154 valence electrons. The van der Waals surface area contributed by atoms with E-state index in [1.165, 1.54) is 33.6 Å². The lowest BCUT2D eigenvalue weighted by atomic mass is 9.84. The van der Waals surface area contributed by atoms with Gasteiger partial charge in [0.1, 0.15) is 11.2 Å². The average molecular weight is 427 g/mol. The molecule has 0 aliphatic carbocycles. The van der Waals surface area contributed by atoms with Crippen molar-refractivity contribution in [1.29, 1.82) is 0 Å². The Morgan fingerprint density at radius 3 is 2.58 bits per heavy atom. The Kier molecular flexibility index (Phi) is 4.59. The second-order valence-electron chi connectivity index (χ2n) is 8.11. The van der Waals surface area contributed by atoms with Crippen molar-refractivity contribution in [2.45, 2.75) is 19.3 Å². The second-order valence-corrected chi connectivity index (χ2v) is 8.97. The van der Waals surface area contributed by atoms with Gasteiger partial charge in [0.2, 0.25) is 0 Å². The maximum absolute atomic E-state index is 13.2. The SMILES string of the molecule is CN1/C(=C\C=N\n2cnc3scc(-c4ccccc4)c3c2=O)C(C)(C)c2ccccc21. The minimum absolute atomic E-state index is 0.141. The molecule has 0 fully saturated rings. The average Bonchev–Trinajstić information content (AvgIpc) is 3.30. The lowest BCUT2D eigenvalue weighted by Gasteiger charge is -2.23. The van der Waals surface area contributed by atoms with Gasteiger partial charge in [0.25, 0.3) is 5.56 Å². The lowest BCUT2D eigenvalue weighted by molar-refractivity contribution is 0.641. The highest BCUT2D eigenvalue weighted by atomic mass is 32.1. The van der Waals surface area contributed by atoms with Crippen molar-refractivity contribution in [2.75, 3.05) is 11.9 Å². The highest BCUT2D eigenvalue weighted by Crippen LogP contribution is 2.46. The summed E-state index contributed by atoms with van der Waals surface area (Å²) in [5.41, 5.74) is 5.19. The molecule has 0 N–H and O–H groups in total. The highest BCUT2D eigenvalue weighted by Gasteiger charge is 2.37. The zero-order chi connectivity index (χ0) is 21.6. The van der Waals surface area contributed by atoms with E-state index < -0.39 is 0 Å². The van der Waals surface area contributed by atoms with E-state index in [2.05, 4.69) is 54.1 Å². The topological polar surface area (TPSA) is 50.5 Å². The summed E-state index contributed by atoms with van der Waals surface area (Å²) in [5, 5.41) is 7.00. The van der Waals surface area contributed by atoms with E-state index in [0.717, 1.165) is 21.7 Å². The summed E-state index contributed by atoms with van der Waals surface area (Å²) >= 11 is 1.47. The van der Waals surface area contributed by atoms with Gasteiger partial charge in [0.15, 0.2) is 0 Å². The molecule has 1 aliphatic heterocycles. The molecule has 5 rings (SSSR count). The van der Waals surface area contributed by atoms with Gasteiger partial charge in [-0.1, -0.05) is 62.4 Å². The Bertz CT molecular complexity index is 1400. The smallest absolute Gasteiger partial charge is 0.283 e. The number of nitrogens with zero attached hydrogens (tertiary/aromatic N) is 4. The number of allylic oxidation sites excluding steroid dienone is 2. The van der Waals surface area contributed by atoms with Crippen LogP contribution < -0.4 is 10.5 Å². The van der Waals surface area contributed by atoms with E-state index in [1.54, 1.807) is 6.21 Å². The van der Waals surface area contributed by atoms with Crippen LogP contribution in [-0.4, -0.2) is 22.9 Å². The van der Waals surface area contributed by atoms with Gasteiger partial charge in [-0.25, -0.2) is 4.98 Å². The highest BCUT2D eigenvalue weighted by molar-refractivity contribution is 7.17. The number of fused-ring (bicyclic) bond motifs is 2. The molecular weight excluding hydrogens is 404 g/mol. The van der Waals surface area contributed by atoms with Crippen LogP contribution >= 0.6 is 11.3 Å². The number of aromatic nitrogens is 2. The van der Waals surface area contributed by atoms with Crippen molar-refractivity contribution in [1.82, 2.24) is 9.66 Å². The van der Waals surface area contributed by atoms with E-state index in [4.69, 9.17) is 0 Å². The van der Waals surface area contributed by atoms with Gasteiger partial charge in [0, 0.05) is 41.0 Å². The number of hydrogen-bond donors (Lipinski definition) is 0. The minimum Gasteiger partial charge on any atom is -0.347 e. The molecule has 3 heterocycles. The fraction of sp³-hybridized carbons (Fsp3) is 0.160. The normalized spacial score (nSPS) is 16.5. The molecule has 0 saturated carbocycles. The molecule has 2 aromatic carbocycles. The maximum atomic E-state index is 13.2. The van der Waals surface area contributed by atoms with Crippen LogP contribution in [0.15, 0.2) is 88.0 Å². The lowest BCUT2D eigenvalue weighted by Crippen LogP contribution is -2.23. The summed E-state index contributed by atoms with van der Waals surface area (Å²) in [4.78, 5) is 20.5. The summed E-state index contributed by atoms with van der Waals surface area (Å²) in [5.74, 6) is 0. The van der Waals surface area contributed by atoms with E-state index in [-0.39, 0.29) is 11.0 Å². The molecule has 0 spiro atoms. The zero-order valence-electron chi connectivity index (χ0n) is 17.6. The largest absolute Gasteiger partial charge is 0.347 e. The Morgan fingerprint density at radius 1 is 1.06 bits per heavy atom. The first-order chi connectivity index (χ1) is 15.0. The Labute approximate surface area is 184 Å². The van der Waals surface area contributed by atoms with Crippen LogP contribution in [0.1, 0.15) is 19.4 Å². The number of thiophene rings is 1. The van der Waals surface area contributed by atoms with Gasteiger partial charge in [-0.2, -0.15) is 9.78 Å². The van der Waals surface area contributed by atoms with Gasteiger partial charge in [-0.3, -0.25) is 4.79 Å². The molecule has 6 heteroatoms. The molecule has 4 aromatic rings. The Morgan fingerprint density at radius 2 is 1.81 bits per heavy atom. The molecule has 0 radical (unpaired) electrons. The third kappa shape index (κ3) is 3.11. The second kappa shape index (κ2) is 7.32. The van der Waals surface area contributed by atoms with Crippen LogP contribution in [0.2, 0.25) is 0 Å². The molecule has 31 heavy (non-hydrogen) atoms. The van der Waals surface area contributed by atoms with E-state index in [9.17, 15) is 4.79 Å². The van der Waals surface area contributed by atoms with Crippen LogP contribution in [0, 0.1) is 0 Å². The third-order valence-electron chi connectivity index (χ3n) is 5.93. The minimum atomic E-state index is -0.165. The first kappa shape index (κ1) is 19.5. The molecule has 0 saturated heterocycles. The quantitative estimate of drug-likeness (QED) is 0.419. The van der Waals surface area contributed by atoms with Crippen molar-refractivity contribution in [3.8, 4) is 11.1 Å². The van der Waals surface area contributed by atoms with Crippen LogP contribution in [-0.2, 0) is 5.41 Å². The number of likely N-dealkylation sites (N-methyl/N-ethyl adjacent to an activating group) is 1.